The van der Waals surface area contributed by atoms with Gasteiger partial charge in [0.1, 0.15) is 0 Å². The van der Waals surface area contributed by atoms with E-state index in [1.54, 1.807) is 6.92 Å². The monoisotopic (exact) mass is 624 g/mol. The predicted molar refractivity (Wildman–Crippen MR) is 171 cm³/mol. The van der Waals surface area contributed by atoms with Crippen LogP contribution < -0.4 is 10.0 Å². The number of fused-ring (bicyclic) bond motifs is 2. The molecule has 206 valence electrons. The fraction of sp³-hybridized carbons (Fsp3) is 0.182. The Balaban J connectivity index is 1.61. The second kappa shape index (κ2) is 11.2. The van der Waals surface area contributed by atoms with Crippen molar-refractivity contribution in [2.75, 3.05) is 16.6 Å². The first-order chi connectivity index (χ1) is 19.9. The van der Waals surface area contributed by atoms with E-state index in [4.69, 9.17) is 14.9 Å². The van der Waals surface area contributed by atoms with E-state index in [1.807, 2.05) is 76.7 Å². The lowest BCUT2D eigenvalue weighted by Gasteiger charge is -2.47. The Bertz CT molecular complexity index is 1640. The molecule has 0 fully saturated rings. The quantitative estimate of drug-likeness (QED) is 0.203. The van der Waals surface area contributed by atoms with Gasteiger partial charge < -0.3 is 4.74 Å². The zero-order valence-electron chi connectivity index (χ0n) is 23.0. The molecule has 0 N–H and O–H groups in total. The third-order valence-electron chi connectivity index (χ3n) is 7.11. The average Bonchev–Trinajstić information content (AvgIpc) is 3.39. The van der Waals surface area contributed by atoms with Gasteiger partial charge in [-0.25, -0.2) is 14.8 Å². The molecule has 4 aromatic rings. The molecule has 6 nitrogen and oxygen atoms in total. The van der Waals surface area contributed by atoms with Crippen LogP contribution in [0, 0.1) is 0 Å². The second-order valence-electron chi connectivity index (χ2n) is 10.0. The van der Waals surface area contributed by atoms with Gasteiger partial charge in [-0.2, -0.15) is 10.2 Å². The van der Waals surface area contributed by atoms with Crippen LogP contribution in [0.1, 0.15) is 48.9 Å². The van der Waals surface area contributed by atoms with Gasteiger partial charge in [0.25, 0.3) is 0 Å². The summed E-state index contributed by atoms with van der Waals surface area (Å²) in [5.41, 5.74) is 6.78. The normalized spacial score (nSPS) is 17.9. The Morgan fingerprint density at radius 3 is 2.17 bits per heavy atom. The van der Waals surface area contributed by atoms with E-state index in [2.05, 4.69) is 66.2 Å². The van der Waals surface area contributed by atoms with E-state index in [-0.39, 0.29) is 11.7 Å². The summed E-state index contributed by atoms with van der Waals surface area (Å²) in [5, 5.41) is 14.4. The largest absolute Gasteiger partial charge is 0.461 e. The maximum atomic E-state index is 13.2. The first-order valence-electron chi connectivity index (χ1n) is 13.6. The smallest absolute Gasteiger partial charge is 0.365 e. The Hall–Kier alpha value is -3.88. The number of carbonyl (C=O) groups excluding carboxylic acids is 1. The summed E-state index contributed by atoms with van der Waals surface area (Å²) in [4.78, 5) is 12.1. The molecule has 2 aliphatic heterocycles. The zero-order chi connectivity index (χ0) is 28.6. The van der Waals surface area contributed by atoms with Gasteiger partial charge in [-0.3, -0.25) is 0 Å². The molecule has 1 unspecified atom stereocenters. The molecule has 1 spiro atoms. The summed E-state index contributed by atoms with van der Waals surface area (Å²) >= 11 is 4.90. The van der Waals surface area contributed by atoms with Crippen LogP contribution in [-0.4, -0.2) is 23.3 Å². The summed E-state index contributed by atoms with van der Waals surface area (Å²) < 4.78 is 6.38. The van der Waals surface area contributed by atoms with E-state index in [0.29, 0.717) is 5.92 Å². The minimum atomic E-state index is -1.03. The molecule has 0 saturated heterocycles. The van der Waals surface area contributed by atoms with Gasteiger partial charge in [0.2, 0.25) is 10.0 Å². The highest BCUT2D eigenvalue weighted by atomic mass is 79.9. The van der Waals surface area contributed by atoms with Crippen LogP contribution in [0.5, 0.6) is 0 Å². The number of benzene rings is 4. The molecular formula is C33H29BrN4O2S. The Labute approximate surface area is 252 Å². The Kier molecular flexibility index (Phi) is 7.45. The number of para-hydroxylation sites is 1. The summed E-state index contributed by atoms with van der Waals surface area (Å²) in [6.07, 6.45) is 0. The van der Waals surface area contributed by atoms with E-state index in [0.717, 1.165) is 38.2 Å². The number of nitrogens with zero attached hydrogens (tertiary/aromatic N) is 4. The van der Waals surface area contributed by atoms with Crippen LogP contribution in [-0.2, 0) is 14.5 Å². The van der Waals surface area contributed by atoms with Gasteiger partial charge in [0, 0.05) is 21.2 Å². The summed E-state index contributed by atoms with van der Waals surface area (Å²) in [5.74, 6) is -0.0254. The topological polar surface area (TPSA) is 57.5 Å². The number of rotatable bonds is 6. The molecule has 1 atom stereocenters. The number of anilines is 2. The highest BCUT2D eigenvalue weighted by molar-refractivity contribution is 9.10. The van der Waals surface area contributed by atoms with E-state index >= 15 is 0 Å². The molecule has 0 aliphatic carbocycles. The standard InChI is InChI=1S/C33H29BrN4O2S/c1-4-40-32(39)31-36-38(27-20-18-25(34)19-21-27)33(41-31)29-13-9-8-12-28(29)30(24-16-14-23(15-17-24)22(2)3)35-37(33)26-10-6-5-7-11-26/h5-22H,4H2,1-3H3. The van der Waals surface area contributed by atoms with E-state index in [9.17, 15) is 4.79 Å². The molecule has 0 bridgehead atoms. The van der Waals surface area contributed by atoms with Gasteiger partial charge in [-0.15, -0.1) is 0 Å². The van der Waals surface area contributed by atoms with Crippen LogP contribution >= 0.6 is 27.7 Å². The lowest BCUT2D eigenvalue weighted by atomic mass is 9.92. The van der Waals surface area contributed by atoms with Crippen LogP contribution in [0.2, 0.25) is 0 Å². The first kappa shape index (κ1) is 27.3. The summed E-state index contributed by atoms with van der Waals surface area (Å²) in [7, 11) is 0. The number of thioether (sulfide) groups is 1. The SMILES string of the molecule is CCOC(=O)C1=NN(c2ccc(Br)cc2)C2(S1)c1ccccc1C(c1ccc(C(C)C)cc1)=NN2c1ccccc1. The third kappa shape index (κ3) is 4.85. The number of carbonyl (C=O) groups is 1. The Morgan fingerprint density at radius 2 is 1.49 bits per heavy atom. The van der Waals surface area contributed by atoms with Crippen LogP contribution in [0.4, 0.5) is 11.4 Å². The van der Waals surface area contributed by atoms with Gasteiger partial charge in [0.05, 0.1) is 23.7 Å². The predicted octanol–water partition coefficient (Wildman–Crippen LogP) is 8.09. The van der Waals surface area contributed by atoms with Crippen molar-refractivity contribution in [3.05, 3.63) is 130 Å². The van der Waals surface area contributed by atoms with Crippen LogP contribution in [0.3, 0.4) is 0 Å². The minimum absolute atomic E-state index is 0.261. The van der Waals surface area contributed by atoms with Gasteiger partial charge >= 0.3 is 5.97 Å². The molecule has 41 heavy (non-hydrogen) atoms. The maximum Gasteiger partial charge on any atom is 0.365 e. The molecule has 4 aromatic carbocycles. The van der Waals surface area contributed by atoms with Crippen molar-refractivity contribution >= 4 is 55.8 Å². The highest BCUT2D eigenvalue weighted by Crippen LogP contribution is 2.55. The van der Waals surface area contributed by atoms with E-state index in [1.165, 1.54) is 17.3 Å². The number of esters is 1. The van der Waals surface area contributed by atoms with Gasteiger partial charge in [-0.1, -0.05) is 96.5 Å². The lowest BCUT2D eigenvalue weighted by molar-refractivity contribution is -0.134. The van der Waals surface area contributed by atoms with Crippen molar-refractivity contribution in [1.82, 2.24) is 0 Å². The first-order valence-corrected chi connectivity index (χ1v) is 15.2. The van der Waals surface area contributed by atoms with Crippen molar-refractivity contribution < 1.29 is 9.53 Å². The van der Waals surface area contributed by atoms with Crippen molar-refractivity contribution in [2.45, 2.75) is 31.7 Å². The number of hydrogen-bond donors (Lipinski definition) is 0. The fourth-order valence-electron chi connectivity index (χ4n) is 5.10. The zero-order valence-corrected chi connectivity index (χ0v) is 25.4. The van der Waals surface area contributed by atoms with Crippen LogP contribution in [0.25, 0.3) is 0 Å². The number of halogens is 1. The molecule has 6 rings (SSSR count). The second-order valence-corrected chi connectivity index (χ2v) is 12.1. The highest BCUT2D eigenvalue weighted by Gasteiger charge is 2.56. The van der Waals surface area contributed by atoms with Gasteiger partial charge in [-0.05, 0) is 66.6 Å². The number of hydrogen-bond acceptors (Lipinski definition) is 7. The van der Waals surface area contributed by atoms with E-state index < -0.39 is 11.0 Å². The molecule has 8 heteroatoms. The number of hydrazone groups is 2. The lowest BCUT2D eigenvalue weighted by Crippen LogP contribution is -2.54. The molecule has 0 saturated carbocycles. The molecule has 0 aromatic heterocycles. The third-order valence-corrected chi connectivity index (χ3v) is 8.93. The molecular weight excluding hydrogens is 596 g/mol. The van der Waals surface area contributed by atoms with Gasteiger partial charge in [0.15, 0.2) is 0 Å². The number of ether oxygens (including phenoxy) is 1. The molecule has 0 radical (unpaired) electrons. The molecule has 2 heterocycles. The maximum absolute atomic E-state index is 13.2. The summed E-state index contributed by atoms with van der Waals surface area (Å²) in [6, 6.07) is 34.8. The van der Waals surface area contributed by atoms with Crippen molar-refractivity contribution in [3.8, 4) is 0 Å². The Morgan fingerprint density at radius 1 is 0.854 bits per heavy atom. The average molecular weight is 626 g/mol. The van der Waals surface area contributed by atoms with Crippen molar-refractivity contribution in [2.24, 2.45) is 10.2 Å². The summed E-state index contributed by atoms with van der Waals surface area (Å²) in [6.45, 7) is 6.45. The fourth-order valence-corrected chi connectivity index (χ4v) is 6.65. The van der Waals surface area contributed by atoms with Crippen molar-refractivity contribution in [3.63, 3.8) is 0 Å². The minimum Gasteiger partial charge on any atom is -0.461 e. The molecule has 2 aliphatic rings. The van der Waals surface area contributed by atoms with Crippen molar-refractivity contribution in [1.29, 1.82) is 0 Å². The van der Waals surface area contributed by atoms with Crippen LogP contribution in [0.15, 0.2) is 118 Å². The molecule has 0 amide bonds.